The molecule has 0 saturated carbocycles. The van der Waals surface area contributed by atoms with Crippen LogP contribution in [0.15, 0.2) is 72.9 Å². The number of hydrogen-bond donors (Lipinski definition) is 3. The Kier molecular flexibility index (Phi) is 5.49. The summed E-state index contributed by atoms with van der Waals surface area (Å²) in [6.07, 6.45) is 2.64. The van der Waals surface area contributed by atoms with Gasteiger partial charge in [0.1, 0.15) is 5.82 Å². The third-order valence-corrected chi connectivity index (χ3v) is 4.90. The fraction of sp³-hybridized carbons (Fsp3) is 0.0870. The van der Waals surface area contributed by atoms with Crippen LogP contribution in [0.5, 0.6) is 0 Å². The highest BCUT2D eigenvalue weighted by atomic mass is 35.5. The molecular formula is C23H19ClFN3O. The Hall–Kier alpha value is -3.31. The normalized spacial score (nSPS) is 10.8. The van der Waals surface area contributed by atoms with Gasteiger partial charge in [-0.05, 0) is 72.6 Å². The minimum Gasteiger partial charge on any atom is -0.361 e. The molecule has 29 heavy (non-hydrogen) atoms. The second-order valence-electron chi connectivity index (χ2n) is 6.72. The standard InChI is InChI=1S/C23H19ClFN3O/c24-17-6-9-22-21(12-17)16(14-27-22)10-11-26-23(29)15-4-7-19(8-5-15)28-20-3-1-2-18(25)13-20/h1-9,12-14,27-28H,10-11H2,(H,26,29). The van der Waals surface area contributed by atoms with Gasteiger partial charge in [-0.15, -0.1) is 0 Å². The van der Waals surface area contributed by atoms with E-state index in [1.54, 1.807) is 36.4 Å². The highest BCUT2D eigenvalue weighted by Crippen LogP contribution is 2.22. The number of halogens is 2. The molecule has 1 heterocycles. The molecule has 0 bridgehead atoms. The number of nitrogens with one attached hydrogen (secondary N) is 3. The average Bonchev–Trinajstić information content (AvgIpc) is 3.10. The number of carbonyl (C=O) groups excluding carboxylic acids is 1. The predicted molar refractivity (Wildman–Crippen MR) is 115 cm³/mol. The summed E-state index contributed by atoms with van der Waals surface area (Å²) in [5.74, 6) is -0.441. The summed E-state index contributed by atoms with van der Waals surface area (Å²) in [6.45, 7) is 0.515. The summed E-state index contributed by atoms with van der Waals surface area (Å²) >= 11 is 6.08. The molecule has 3 aromatic carbocycles. The van der Waals surface area contributed by atoms with Crippen molar-refractivity contribution in [1.82, 2.24) is 10.3 Å². The van der Waals surface area contributed by atoms with Crippen molar-refractivity contribution in [3.8, 4) is 0 Å². The summed E-state index contributed by atoms with van der Waals surface area (Å²) < 4.78 is 13.3. The summed E-state index contributed by atoms with van der Waals surface area (Å²) in [5.41, 5.74) is 4.13. The lowest BCUT2D eigenvalue weighted by Gasteiger charge is -2.08. The van der Waals surface area contributed by atoms with E-state index in [0.29, 0.717) is 29.2 Å². The van der Waals surface area contributed by atoms with Crippen LogP contribution in [0.3, 0.4) is 0 Å². The van der Waals surface area contributed by atoms with Crippen LogP contribution < -0.4 is 10.6 Å². The molecule has 0 aliphatic carbocycles. The number of hydrogen-bond acceptors (Lipinski definition) is 2. The molecule has 6 heteroatoms. The third kappa shape index (κ3) is 4.58. The van der Waals surface area contributed by atoms with Crippen molar-refractivity contribution in [3.63, 3.8) is 0 Å². The highest BCUT2D eigenvalue weighted by molar-refractivity contribution is 6.31. The number of aromatic nitrogens is 1. The van der Waals surface area contributed by atoms with Gasteiger partial charge in [-0.1, -0.05) is 17.7 Å². The number of H-pyrrole nitrogens is 1. The van der Waals surface area contributed by atoms with Crippen molar-refractivity contribution in [2.75, 3.05) is 11.9 Å². The van der Waals surface area contributed by atoms with Crippen molar-refractivity contribution in [3.05, 3.63) is 94.9 Å². The topological polar surface area (TPSA) is 56.9 Å². The summed E-state index contributed by atoms with van der Waals surface area (Å²) in [4.78, 5) is 15.6. The Bertz CT molecular complexity index is 1150. The Morgan fingerprint density at radius 2 is 1.83 bits per heavy atom. The van der Waals surface area contributed by atoms with Crippen LogP contribution in [0.25, 0.3) is 10.9 Å². The van der Waals surface area contributed by atoms with E-state index in [2.05, 4.69) is 15.6 Å². The third-order valence-electron chi connectivity index (χ3n) is 4.67. The molecule has 0 aliphatic rings. The van der Waals surface area contributed by atoms with E-state index in [1.807, 2.05) is 24.4 Å². The first-order chi connectivity index (χ1) is 14.1. The van der Waals surface area contributed by atoms with E-state index in [4.69, 9.17) is 11.6 Å². The number of anilines is 2. The number of benzene rings is 3. The van der Waals surface area contributed by atoms with Gasteiger partial charge in [0.15, 0.2) is 0 Å². The maximum atomic E-state index is 13.3. The van der Waals surface area contributed by atoms with Crippen molar-refractivity contribution in [2.45, 2.75) is 6.42 Å². The van der Waals surface area contributed by atoms with E-state index in [1.165, 1.54) is 12.1 Å². The van der Waals surface area contributed by atoms with Crippen LogP contribution in [0.1, 0.15) is 15.9 Å². The molecule has 4 nitrogen and oxygen atoms in total. The lowest BCUT2D eigenvalue weighted by molar-refractivity contribution is 0.0954. The Morgan fingerprint density at radius 1 is 1.00 bits per heavy atom. The first-order valence-corrected chi connectivity index (χ1v) is 9.63. The van der Waals surface area contributed by atoms with Crippen LogP contribution in [0, 0.1) is 5.82 Å². The maximum absolute atomic E-state index is 13.3. The quantitative estimate of drug-likeness (QED) is 0.385. The molecular weight excluding hydrogens is 389 g/mol. The van der Waals surface area contributed by atoms with Crippen molar-refractivity contribution in [1.29, 1.82) is 0 Å². The van der Waals surface area contributed by atoms with Gasteiger partial charge in [0.05, 0.1) is 0 Å². The summed E-state index contributed by atoms with van der Waals surface area (Å²) in [6, 6.07) is 19.0. The molecule has 0 unspecified atom stereocenters. The Balaban J connectivity index is 1.34. The van der Waals surface area contributed by atoms with Gasteiger partial charge in [-0.3, -0.25) is 4.79 Å². The van der Waals surface area contributed by atoms with Crippen LogP contribution in [0.4, 0.5) is 15.8 Å². The second-order valence-corrected chi connectivity index (χ2v) is 7.16. The van der Waals surface area contributed by atoms with E-state index in [9.17, 15) is 9.18 Å². The predicted octanol–water partition coefficient (Wildman–Crippen LogP) is 5.68. The molecule has 0 spiro atoms. The fourth-order valence-electron chi connectivity index (χ4n) is 3.21. The molecule has 0 aliphatic heterocycles. The minimum atomic E-state index is -0.302. The zero-order chi connectivity index (χ0) is 20.2. The zero-order valence-electron chi connectivity index (χ0n) is 15.5. The summed E-state index contributed by atoms with van der Waals surface area (Å²) in [7, 11) is 0. The van der Waals surface area contributed by atoms with Gasteiger partial charge in [-0.2, -0.15) is 0 Å². The number of amides is 1. The number of carbonyl (C=O) groups is 1. The molecule has 3 N–H and O–H groups in total. The molecule has 0 saturated heterocycles. The molecule has 0 atom stereocenters. The SMILES string of the molecule is O=C(NCCc1c[nH]c2ccc(Cl)cc12)c1ccc(Nc2cccc(F)c2)cc1. The van der Waals surface area contributed by atoms with Crippen molar-refractivity contribution >= 4 is 39.8 Å². The number of fused-ring (bicyclic) bond motifs is 1. The van der Waals surface area contributed by atoms with Crippen LogP contribution in [-0.4, -0.2) is 17.4 Å². The maximum Gasteiger partial charge on any atom is 0.251 e. The van der Waals surface area contributed by atoms with Crippen LogP contribution >= 0.6 is 11.6 Å². The minimum absolute atomic E-state index is 0.139. The van der Waals surface area contributed by atoms with Crippen molar-refractivity contribution < 1.29 is 9.18 Å². The van der Waals surface area contributed by atoms with E-state index in [-0.39, 0.29) is 11.7 Å². The molecule has 0 radical (unpaired) electrons. The highest BCUT2D eigenvalue weighted by Gasteiger charge is 2.08. The van der Waals surface area contributed by atoms with E-state index < -0.39 is 0 Å². The van der Waals surface area contributed by atoms with Gasteiger partial charge in [0, 0.05) is 45.6 Å². The average molecular weight is 408 g/mol. The largest absolute Gasteiger partial charge is 0.361 e. The number of aromatic amines is 1. The van der Waals surface area contributed by atoms with Gasteiger partial charge < -0.3 is 15.6 Å². The fourth-order valence-corrected chi connectivity index (χ4v) is 3.38. The molecule has 4 rings (SSSR count). The van der Waals surface area contributed by atoms with Gasteiger partial charge in [-0.25, -0.2) is 4.39 Å². The lowest BCUT2D eigenvalue weighted by Crippen LogP contribution is -2.25. The second kappa shape index (κ2) is 8.37. The van der Waals surface area contributed by atoms with Crippen LogP contribution in [0.2, 0.25) is 5.02 Å². The first-order valence-electron chi connectivity index (χ1n) is 9.25. The summed E-state index contributed by atoms with van der Waals surface area (Å²) in [5, 5.41) is 7.80. The van der Waals surface area contributed by atoms with Gasteiger partial charge in [0.2, 0.25) is 0 Å². The van der Waals surface area contributed by atoms with Gasteiger partial charge in [0.25, 0.3) is 5.91 Å². The molecule has 146 valence electrons. The zero-order valence-corrected chi connectivity index (χ0v) is 16.3. The lowest BCUT2D eigenvalue weighted by atomic mass is 10.1. The first kappa shape index (κ1) is 19.0. The van der Waals surface area contributed by atoms with Gasteiger partial charge >= 0.3 is 0 Å². The Labute approximate surface area is 172 Å². The molecule has 4 aromatic rings. The number of rotatable bonds is 6. The molecule has 1 amide bonds. The molecule has 1 aromatic heterocycles. The van der Waals surface area contributed by atoms with E-state index >= 15 is 0 Å². The monoisotopic (exact) mass is 407 g/mol. The smallest absolute Gasteiger partial charge is 0.251 e. The van der Waals surface area contributed by atoms with Crippen molar-refractivity contribution in [2.24, 2.45) is 0 Å². The Morgan fingerprint density at radius 3 is 2.62 bits per heavy atom. The van der Waals surface area contributed by atoms with E-state index in [0.717, 1.165) is 22.2 Å². The molecule has 0 fully saturated rings. The van der Waals surface area contributed by atoms with Crippen LogP contribution in [-0.2, 0) is 6.42 Å².